The molecule has 3 rings (SSSR count). The number of quaternary nitrogens is 1. The zero-order valence-electron chi connectivity index (χ0n) is 26.1. The molecule has 40 heavy (non-hydrogen) atoms. The van der Waals surface area contributed by atoms with Gasteiger partial charge in [-0.25, -0.2) is 0 Å². The predicted octanol–water partition coefficient (Wildman–Crippen LogP) is 5.22. The maximum absolute atomic E-state index is 13.8. The molecule has 2 aliphatic rings. The Morgan fingerprint density at radius 3 is 2.40 bits per heavy atom. The molecule has 1 saturated heterocycles. The summed E-state index contributed by atoms with van der Waals surface area (Å²) in [5.41, 5.74) is 0.915. The summed E-state index contributed by atoms with van der Waals surface area (Å²) in [6.45, 7) is 12.4. The summed E-state index contributed by atoms with van der Waals surface area (Å²) in [5, 5.41) is 10.5. The number of hydrogen-bond donors (Lipinski definition) is 1. The van der Waals surface area contributed by atoms with Crippen molar-refractivity contribution in [2.24, 2.45) is 11.3 Å². The van der Waals surface area contributed by atoms with Gasteiger partial charge < -0.3 is 24.0 Å². The summed E-state index contributed by atoms with van der Waals surface area (Å²) in [6.07, 6.45) is 6.87. The van der Waals surface area contributed by atoms with E-state index in [0.29, 0.717) is 18.0 Å². The number of fused-ring (bicyclic) bond motifs is 1. The normalized spacial score (nSPS) is 21.1. The zero-order chi connectivity index (χ0) is 29.5. The molecule has 2 aliphatic heterocycles. The van der Waals surface area contributed by atoms with Crippen LogP contribution in [0.3, 0.4) is 0 Å². The van der Waals surface area contributed by atoms with Crippen molar-refractivity contribution >= 4 is 11.9 Å². The number of likely N-dealkylation sites (tertiary alicyclic amines) is 1. The van der Waals surface area contributed by atoms with E-state index in [9.17, 15) is 14.7 Å². The number of rotatable bonds is 16. The Kier molecular flexibility index (Phi) is 11.3. The van der Waals surface area contributed by atoms with Gasteiger partial charge in [-0.15, -0.1) is 0 Å². The highest BCUT2D eigenvalue weighted by molar-refractivity contribution is 5.79. The highest BCUT2D eigenvalue weighted by Crippen LogP contribution is 2.45. The molecule has 0 spiro atoms. The first-order valence-corrected chi connectivity index (χ1v) is 15.3. The van der Waals surface area contributed by atoms with E-state index in [1.54, 1.807) is 0 Å². The Hall–Kier alpha value is -2.32. The molecule has 0 saturated carbocycles. The zero-order valence-corrected chi connectivity index (χ0v) is 26.1. The van der Waals surface area contributed by atoms with E-state index in [1.807, 2.05) is 23.1 Å². The maximum Gasteiger partial charge on any atom is 0.308 e. The minimum Gasteiger partial charge on any atom is -0.481 e. The van der Waals surface area contributed by atoms with Crippen LogP contribution in [0.5, 0.6) is 11.5 Å². The maximum atomic E-state index is 13.8. The molecular formula is C32H54N3O5+. The van der Waals surface area contributed by atoms with Crippen LogP contribution >= 0.6 is 0 Å². The van der Waals surface area contributed by atoms with Crippen LogP contribution in [0.2, 0.25) is 0 Å². The SMILES string of the molecule is CCCCN(CCCC[N+](C)(C)C)C(=O)CN1C[C@H](c2ccc3c(c2)OCO3)[C@@H](C(=O)O)[C@@H]1CC(C)(C)CCC. The molecule has 0 bridgehead atoms. The number of amides is 1. The summed E-state index contributed by atoms with van der Waals surface area (Å²) in [4.78, 5) is 30.9. The number of carbonyl (C=O) groups is 2. The number of carboxylic acids is 1. The van der Waals surface area contributed by atoms with Crippen molar-refractivity contribution in [2.75, 3.05) is 60.7 Å². The summed E-state index contributed by atoms with van der Waals surface area (Å²) in [5.74, 6) is -0.142. The number of unbranched alkanes of at least 4 members (excludes halogenated alkanes) is 2. The van der Waals surface area contributed by atoms with E-state index in [-0.39, 0.29) is 36.6 Å². The summed E-state index contributed by atoms with van der Waals surface area (Å²) in [7, 11) is 6.59. The molecule has 1 N–H and O–H groups in total. The lowest BCUT2D eigenvalue weighted by Gasteiger charge is -2.35. The Balaban J connectivity index is 1.84. The molecule has 226 valence electrons. The number of hydrogen-bond acceptors (Lipinski definition) is 5. The molecule has 0 radical (unpaired) electrons. The first-order valence-electron chi connectivity index (χ1n) is 15.3. The van der Waals surface area contributed by atoms with Crippen LogP contribution < -0.4 is 9.47 Å². The van der Waals surface area contributed by atoms with E-state index in [0.717, 1.165) is 74.6 Å². The van der Waals surface area contributed by atoms with Crippen LogP contribution in [0.25, 0.3) is 0 Å². The highest BCUT2D eigenvalue weighted by Gasteiger charge is 2.49. The van der Waals surface area contributed by atoms with Crippen molar-refractivity contribution in [3.63, 3.8) is 0 Å². The van der Waals surface area contributed by atoms with Crippen LogP contribution in [0.4, 0.5) is 0 Å². The van der Waals surface area contributed by atoms with Gasteiger partial charge in [0.2, 0.25) is 12.7 Å². The lowest BCUT2D eigenvalue weighted by atomic mass is 9.76. The van der Waals surface area contributed by atoms with Gasteiger partial charge in [0.05, 0.1) is 40.2 Å². The fraction of sp³-hybridized carbons (Fsp3) is 0.750. The smallest absolute Gasteiger partial charge is 0.308 e. The van der Waals surface area contributed by atoms with Gasteiger partial charge in [0.15, 0.2) is 11.5 Å². The number of carboxylic acid groups (broad SMARTS) is 1. The Morgan fingerprint density at radius 1 is 1.05 bits per heavy atom. The first kappa shape index (κ1) is 32.2. The third-order valence-electron chi connectivity index (χ3n) is 8.53. The minimum atomic E-state index is -0.793. The molecule has 0 aromatic heterocycles. The quantitative estimate of drug-likeness (QED) is 0.221. The Bertz CT molecular complexity index is 989. The minimum absolute atomic E-state index is 0.0225. The van der Waals surface area contributed by atoms with Crippen molar-refractivity contribution in [1.82, 2.24) is 9.80 Å². The van der Waals surface area contributed by atoms with E-state index in [2.05, 4.69) is 53.7 Å². The van der Waals surface area contributed by atoms with Crippen LogP contribution in [-0.4, -0.2) is 98.0 Å². The molecular weight excluding hydrogens is 506 g/mol. The second-order valence-corrected chi connectivity index (χ2v) is 13.7. The summed E-state index contributed by atoms with van der Waals surface area (Å²) < 4.78 is 12.0. The number of aliphatic carboxylic acids is 1. The molecule has 1 amide bonds. The predicted molar refractivity (Wildman–Crippen MR) is 159 cm³/mol. The number of carbonyl (C=O) groups excluding carboxylic acids is 1. The molecule has 1 aromatic rings. The molecule has 8 nitrogen and oxygen atoms in total. The van der Waals surface area contributed by atoms with Crippen LogP contribution in [0.1, 0.15) is 84.1 Å². The second kappa shape index (κ2) is 14.0. The van der Waals surface area contributed by atoms with Gasteiger partial charge in [-0.2, -0.15) is 0 Å². The number of benzene rings is 1. The average Bonchev–Trinajstić information content (AvgIpc) is 3.46. The standard InChI is InChI=1S/C32H53N3O5/c1-8-10-16-33(17-11-12-18-35(5,6)7)29(36)22-34-21-25(24-13-14-27-28(19-24)40-23-39-27)30(31(37)38)26(34)20-32(3,4)15-9-2/h13-14,19,25-26,30H,8-12,15-18,20-23H2,1-7H3/p+1/t25-,26+,30-/m1/s1. The van der Waals surface area contributed by atoms with Gasteiger partial charge in [0.25, 0.3) is 0 Å². The van der Waals surface area contributed by atoms with Crippen molar-refractivity contribution in [2.45, 2.75) is 84.6 Å². The molecule has 0 aliphatic carbocycles. The van der Waals surface area contributed by atoms with E-state index >= 15 is 0 Å². The van der Waals surface area contributed by atoms with E-state index in [4.69, 9.17) is 9.47 Å². The molecule has 1 aromatic carbocycles. The summed E-state index contributed by atoms with van der Waals surface area (Å²) >= 11 is 0. The number of nitrogens with zero attached hydrogens (tertiary/aromatic N) is 3. The molecule has 2 heterocycles. The van der Waals surface area contributed by atoms with E-state index in [1.165, 1.54) is 0 Å². The molecule has 8 heteroatoms. The number of ether oxygens (including phenoxy) is 2. The fourth-order valence-electron chi connectivity index (χ4n) is 6.45. The van der Waals surface area contributed by atoms with Gasteiger partial charge in [-0.3, -0.25) is 14.5 Å². The van der Waals surface area contributed by atoms with Crippen molar-refractivity contribution < 1.29 is 28.7 Å². The van der Waals surface area contributed by atoms with Crippen molar-refractivity contribution in [3.05, 3.63) is 23.8 Å². The third-order valence-corrected chi connectivity index (χ3v) is 8.53. The fourth-order valence-corrected chi connectivity index (χ4v) is 6.45. The van der Waals surface area contributed by atoms with Crippen molar-refractivity contribution in [3.8, 4) is 11.5 Å². The Labute approximate surface area is 242 Å². The second-order valence-electron chi connectivity index (χ2n) is 13.7. The summed E-state index contributed by atoms with van der Waals surface area (Å²) in [6, 6.07) is 5.56. The monoisotopic (exact) mass is 560 g/mol. The molecule has 1 fully saturated rings. The Morgan fingerprint density at radius 2 is 1.75 bits per heavy atom. The first-order chi connectivity index (χ1) is 18.8. The largest absolute Gasteiger partial charge is 0.481 e. The topological polar surface area (TPSA) is 79.3 Å². The highest BCUT2D eigenvalue weighted by atomic mass is 16.7. The van der Waals surface area contributed by atoms with Gasteiger partial charge in [-0.1, -0.05) is 46.6 Å². The lowest BCUT2D eigenvalue weighted by Crippen LogP contribution is -2.46. The van der Waals surface area contributed by atoms with Gasteiger partial charge in [0.1, 0.15) is 0 Å². The van der Waals surface area contributed by atoms with Crippen molar-refractivity contribution in [1.29, 1.82) is 0 Å². The van der Waals surface area contributed by atoms with Crippen LogP contribution in [-0.2, 0) is 9.59 Å². The van der Waals surface area contributed by atoms with Gasteiger partial charge in [0, 0.05) is 31.6 Å². The van der Waals surface area contributed by atoms with Gasteiger partial charge >= 0.3 is 5.97 Å². The van der Waals surface area contributed by atoms with E-state index < -0.39 is 11.9 Å². The molecule has 3 atom stereocenters. The van der Waals surface area contributed by atoms with Gasteiger partial charge in [-0.05, 0) is 55.2 Å². The average molecular weight is 561 g/mol. The van der Waals surface area contributed by atoms with Crippen LogP contribution in [0, 0.1) is 11.3 Å². The molecule has 0 unspecified atom stereocenters. The van der Waals surface area contributed by atoms with Crippen LogP contribution in [0.15, 0.2) is 18.2 Å². The lowest BCUT2D eigenvalue weighted by molar-refractivity contribution is -0.870. The third kappa shape index (κ3) is 8.84.